The van der Waals surface area contributed by atoms with Gasteiger partial charge in [0.2, 0.25) is 5.91 Å². The first-order chi connectivity index (χ1) is 13.9. The normalized spacial score (nSPS) is 16.4. The third kappa shape index (κ3) is 5.28. The summed E-state index contributed by atoms with van der Waals surface area (Å²) in [6.07, 6.45) is 1.76. The van der Waals surface area contributed by atoms with Gasteiger partial charge in [-0.3, -0.25) is 19.2 Å². The summed E-state index contributed by atoms with van der Waals surface area (Å²) in [5.74, 6) is 0.0835. The van der Waals surface area contributed by atoms with Gasteiger partial charge in [-0.25, -0.2) is 4.79 Å². The Hall–Kier alpha value is -2.12. The number of amides is 1. The van der Waals surface area contributed by atoms with E-state index in [2.05, 4.69) is 47.8 Å². The zero-order chi connectivity index (χ0) is 21.0. The zero-order valence-corrected chi connectivity index (χ0v) is 18.1. The van der Waals surface area contributed by atoms with Crippen LogP contribution in [-0.2, 0) is 4.79 Å². The van der Waals surface area contributed by atoms with E-state index < -0.39 is 0 Å². The van der Waals surface area contributed by atoms with Gasteiger partial charge >= 0.3 is 5.69 Å². The van der Waals surface area contributed by atoms with Crippen LogP contribution in [0.25, 0.3) is 11.0 Å². The summed E-state index contributed by atoms with van der Waals surface area (Å²) < 4.78 is 1.89. The Kier molecular flexibility index (Phi) is 7.14. The molecule has 0 atom stereocenters. The molecule has 1 saturated heterocycles. The third-order valence-electron chi connectivity index (χ3n) is 5.93. The number of likely N-dealkylation sites (tertiary alicyclic amines) is 1. The molecule has 29 heavy (non-hydrogen) atoms. The molecule has 1 fully saturated rings. The third-order valence-corrected chi connectivity index (χ3v) is 5.93. The predicted octanol–water partition coefficient (Wildman–Crippen LogP) is 2.20. The van der Waals surface area contributed by atoms with Crippen molar-refractivity contribution in [2.75, 3.05) is 32.7 Å². The lowest BCUT2D eigenvalue weighted by Gasteiger charge is -2.32. The molecule has 0 saturated carbocycles. The maximum absolute atomic E-state index is 12.4. The lowest BCUT2D eigenvalue weighted by atomic mass is 10.0. The number of aromatic amines is 1. The molecule has 0 unspecified atom stereocenters. The van der Waals surface area contributed by atoms with Crippen LogP contribution in [0, 0.1) is 0 Å². The molecule has 0 bridgehead atoms. The van der Waals surface area contributed by atoms with Crippen molar-refractivity contribution >= 4 is 16.9 Å². The summed E-state index contributed by atoms with van der Waals surface area (Å²) in [6.45, 7) is 12.4. The van der Waals surface area contributed by atoms with E-state index in [1.807, 2.05) is 28.8 Å². The van der Waals surface area contributed by atoms with Crippen molar-refractivity contribution in [2.24, 2.45) is 0 Å². The number of H-pyrrole nitrogens is 1. The van der Waals surface area contributed by atoms with Crippen molar-refractivity contribution in [2.45, 2.75) is 58.7 Å². The first-order valence-corrected chi connectivity index (χ1v) is 10.8. The van der Waals surface area contributed by atoms with Gasteiger partial charge in [0.15, 0.2) is 0 Å². The maximum atomic E-state index is 12.4. The molecule has 7 heteroatoms. The molecule has 3 rings (SSSR count). The molecular formula is C22H35N5O2. The fourth-order valence-electron chi connectivity index (χ4n) is 4.47. The van der Waals surface area contributed by atoms with Crippen LogP contribution in [0.4, 0.5) is 0 Å². The number of rotatable bonds is 8. The van der Waals surface area contributed by atoms with E-state index in [-0.39, 0.29) is 17.6 Å². The molecular weight excluding hydrogens is 366 g/mol. The number of piperidine rings is 1. The second kappa shape index (κ2) is 9.59. The van der Waals surface area contributed by atoms with Gasteiger partial charge in [-0.1, -0.05) is 12.1 Å². The topological polar surface area (TPSA) is 73.4 Å². The van der Waals surface area contributed by atoms with Gasteiger partial charge in [0, 0.05) is 44.3 Å². The summed E-state index contributed by atoms with van der Waals surface area (Å²) in [7, 11) is 0. The summed E-state index contributed by atoms with van der Waals surface area (Å²) in [6, 6.07) is 8.95. The molecule has 0 radical (unpaired) electrons. The molecule has 2 heterocycles. The van der Waals surface area contributed by atoms with Gasteiger partial charge in [-0.2, -0.15) is 0 Å². The standard InChI is InChI=1S/C22H35N5O2/c1-16(2)26(17(3)4)14-11-23-21(28)15-25-12-9-18(10-13-25)27-20-8-6-5-7-19(20)24-22(27)29/h5-8,16-18H,9-15H2,1-4H3,(H,23,28)(H,24,29). The van der Waals surface area contributed by atoms with Crippen LogP contribution in [0.15, 0.2) is 29.1 Å². The molecule has 1 aromatic heterocycles. The van der Waals surface area contributed by atoms with Gasteiger partial charge in [0.1, 0.15) is 0 Å². The van der Waals surface area contributed by atoms with Crippen LogP contribution in [0.3, 0.4) is 0 Å². The molecule has 1 amide bonds. The highest BCUT2D eigenvalue weighted by molar-refractivity contribution is 5.78. The van der Waals surface area contributed by atoms with Crippen molar-refractivity contribution in [3.05, 3.63) is 34.7 Å². The van der Waals surface area contributed by atoms with Crippen LogP contribution in [0.1, 0.15) is 46.6 Å². The van der Waals surface area contributed by atoms with Gasteiger partial charge < -0.3 is 10.3 Å². The summed E-state index contributed by atoms with van der Waals surface area (Å²) >= 11 is 0. The maximum Gasteiger partial charge on any atom is 0.326 e. The number of carbonyl (C=O) groups is 1. The number of carbonyl (C=O) groups excluding carboxylic acids is 1. The molecule has 0 aliphatic carbocycles. The molecule has 2 N–H and O–H groups in total. The SMILES string of the molecule is CC(C)N(CCNC(=O)CN1CCC(n2c(=O)[nH]c3ccccc32)CC1)C(C)C. The van der Waals surface area contributed by atoms with Crippen LogP contribution in [0.2, 0.25) is 0 Å². The highest BCUT2D eigenvalue weighted by atomic mass is 16.2. The Morgan fingerprint density at radius 1 is 1.17 bits per heavy atom. The zero-order valence-electron chi connectivity index (χ0n) is 18.1. The molecule has 2 aromatic rings. The quantitative estimate of drug-likeness (QED) is 0.711. The second-order valence-corrected chi connectivity index (χ2v) is 8.60. The molecule has 160 valence electrons. The van der Waals surface area contributed by atoms with E-state index in [4.69, 9.17) is 0 Å². The fraction of sp³-hybridized carbons (Fsp3) is 0.636. The Morgan fingerprint density at radius 2 is 1.83 bits per heavy atom. The van der Waals surface area contributed by atoms with Crippen molar-refractivity contribution in [1.82, 2.24) is 24.7 Å². The minimum atomic E-state index is -0.0396. The average molecular weight is 402 g/mol. The number of fused-ring (bicyclic) bond motifs is 1. The van der Waals surface area contributed by atoms with Crippen molar-refractivity contribution in [3.8, 4) is 0 Å². The van der Waals surface area contributed by atoms with E-state index in [1.54, 1.807) is 0 Å². The Bertz CT molecular complexity index is 853. The number of nitrogens with zero attached hydrogens (tertiary/aromatic N) is 3. The first kappa shape index (κ1) is 21.6. The number of nitrogens with one attached hydrogen (secondary N) is 2. The summed E-state index contributed by atoms with van der Waals surface area (Å²) in [4.78, 5) is 32.2. The predicted molar refractivity (Wildman–Crippen MR) is 117 cm³/mol. The molecule has 1 aliphatic rings. The monoisotopic (exact) mass is 401 g/mol. The lowest BCUT2D eigenvalue weighted by Crippen LogP contribution is -2.46. The Morgan fingerprint density at radius 3 is 2.48 bits per heavy atom. The lowest BCUT2D eigenvalue weighted by molar-refractivity contribution is -0.122. The van der Waals surface area contributed by atoms with E-state index in [9.17, 15) is 9.59 Å². The van der Waals surface area contributed by atoms with Crippen molar-refractivity contribution in [1.29, 1.82) is 0 Å². The minimum Gasteiger partial charge on any atom is -0.354 e. The number of hydrogen-bond donors (Lipinski definition) is 2. The first-order valence-electron chi connectivity index (χ1n) is 10.8. The van der Waals surface area contributed by atoms with Crippen molar-refractivity contribution < 1.29 is 4.79 Å². The van der Waals surface area contributed by atoms with E-state index in [0.717, 1.165) is 43.5 Å². The molecule has 0 spiro atoms. The van der Waals surface area contributed by atoms with Crippen molar-refractivity contribution in [3.63, 3.8) is 0 Å². The largest absolute Gasteiger partial charge is 0.354 e. The van der Waals surface area contributed by atoms with Crippen LogP contribution < -0.4 is 11.0 Å². The van der Waals surface area contributed by atoms with Crippen LogP contribution in [0.5, 0.6) is 0 Å². The minimum absolute atomic E-state index is 0.0396. The van der Waals surface area contributed by atoms with E-state index in [0.29, 0.717) is 25.2 Å². The summed E-state index contributed by atoms with van der Waals surface area (Å²) in [5.41, 5.74) is 1.81. The van der Waals surface area contributed by atoms with Crippen LogP contribution in [-0.4, -0.2) is 70.1 Å². The Balaban J connectivity index is 1.47. The highest BCUT2D eigenvalue weighted by Crippen LogP contribution is 2.24. The second-order valence-electron chi connectivity index (χ2n) is 8.60. The number of imidazole rings is 1. The van der Waals surface area contributed by atoms with Gasteiger partial charge in [0.25, 0.3) is 0 Å². The molecule has 7 nitrogen and oxygen atoms in total. The van der Waals surface area contributed by atoms with E-state index >= 15 is 0 Å². The van der Waals surface area contributed by atoms with Gasteiger partial charge in [0.05, 0.1) is 17.6 Å². The van der Waals surface area contributed by atoms with Gasteiger partial charge in [-0.15, -0.1) is 0 Å². The average Bonchev–Trinajstić information content (AvgIpc) is 3.01. The molecule has 1 aromatic carbocycles. The Labute approximate surface area is 173 Å². The fourth-order valence-corrected chi connectivity index (χ4v) is 4.47. The van der Waals surface area contributed by atoms with Gasteiger partial charge in [-0.05, 0) is 52.7 Å². The summed E-state index contributed by atoms with van der Waals surface area (Å²) in [5, 5.41) is 3.06. The smallest absolute Gasteiger partial charge is 0.326 e. The molecule has 1 aliphatic heterocycles. The highest BCUT2D eigenvalue weighted by Gasteiger charge is 2.24. The number of aromatic nitrogens is 2. The number of para-hydroxylation sites is 2. The van der Waals surface area contributed by atoms with Crippen LogP contribution >= 0.6 is 0 Å². The number of benzene rings is 1. The number of hydrogen-bond acceptors (Lipinski definition) is 4. The van der Waals surface area contributed by atoms with E-state index in [1.165, 1.54) is 0 Å².